The highest BCUT2D eigenvalue weighted by Gasteiger charge is 2.34. The standard InChI is InChI=1S/C11H9F3N6/c12-11(13,14)8-5-7-10(17-3-4-20(7)19-8)18-6-9-15-1-2-16-9/h1-5H,6H2,(H,15,16)(H,17,18). The molecule has 6 nitrogen and oxygen atoms in total. The molecule has 0 saturated carbocycles. The van der Waals surface area contributed by atoms with Gasteiger partial charge in [0, 0.05) is 30.9 Å². The molecule has 0 aromatic carbocycles. The summed E-state index contributed by atoms with van der Waals surface area (Å²) >= 11 is 0. The number of imidazole rings is 1. The van der Waals surface area contributed by atoms with Crippen LogP contribution in [0, 0.1) is 0 Å². The van der Waals surface area contributed by atoms with Crippen molar-refractivity contribution in [2.24, 2.45) is 0 Å². The zero-order valence-corrected chi connectivity index (χ0v) is 10.0. The number of fused-ring (bicyclic) bond motifs is 1. The molecule has 0 aliphatic rings. The number of nitrogens with zero attached hydrogens (tertiary/aromatic N) is 4. The Kier molecular flexibility index (Phi) is 2.81. The van der Waals surface area contributed by atoms with Crippen molar-refractivity contribution in [2.45, 2.75) is 12.7 Å². The van der Waals surface area contributed by atoms with Gasteiger partial charge in [0.05, 0.1) is 6.54 Å². The van der Waals surface area contributed by atoms with E-state index < -0.39 is 11.9 Å². The molecule has 104 valence electrons. The van der Waals surface area contributed by atoms with Gasteiger partial charge >= 0.3 is 6.18 Å². The van der Waals surface area contributed by atoms with Gasteiger partial charge in [-0.2, -0.15) is 18.3 Å². The summed E-state index contributed by atoms with van der Waals surface area (Å²) < 4.78 is 39.0. The summed E-state index contributed by atoms with van der Waals surface area (Å²) in [6.07, 6.45) is 1.51. The number of alkyl halides is 3. The molecule has 0 bridgehead atoms. The second-order valence-electron chi connectivity index (χ2n) is 4.02. The second kappa shape index (κ2) is 4.51. The SMILES string of the molecule is FC(F)(F)c1cc2c(NCc3ncc[nH]3)nccn2n1. The Hall–Kier alpha value is -2.58. The van der Waals surface area contributed by atoms with Crippen molar-refractivity contribution in [1.82, 2.24) is 24.6 Å². The highest BCUT2D eigenvalue weighted by molar-refractivity contribution is 5.67. The predicted octanol–water partition coefficient (Wildman–Crippen LogP) is 2.08. The third-order valence-electron chi connectivity index (χ3n) is 2.66. The lowest BCUT2D eigenvalue weighted by atomic mass is 10.3. The van der Waals surface area contributed by atoms with Crippen LogP contribution in [0.25, 0.3) is 5.52 Å². The molecule has 0 spiro atoms. The van der Waals surface area contributed by atoms with Gasteiger partial charge in [0.1, 0.15) is 11.3 Å². The van der Waals surface area contributed by atoms with Crippen LogP contribution >= 0.6 is 0 Å². The maximum atomic E-state index is 12.6. The fourth-order valence-electron chi connectivity index (χ4n) is 1.76. The third kappa shape index (κ3) is 2.29. The number of hydrogen-bond donors (Lipinski definition) is 2. The smallest absolute Gasteiger partial charge is 0.361 e. The van der Waals surface area contributed by atoms with Crippen molar-refractivity contribution in [1.29, 1.82) is 0 Å². The first-order valence-electron chi connectivity index (χ1n) is 5.68. The van der Waals surface area contributed by atoms with E-state index in [1.54, 1.807) is 12.4 Å². The molecule has 0 unspecified atom stereocenters. The summed E-state index contributed by atoms with van der Waals surface area (Å²) in [6, 6.07) is 0.956. The van der Waals surface area contributed by atoms with Crippen molar-refractivity contribution in [2.75, 3.05) is 5.32 Å². The number of anilines is 1. The van der Waals surface area contributed by atoms with E-state index in [0.717, 1.165) is 10.6 Å². The first-order valence-corrected chi connectivity index (χ1v) is 5.68. The molecule has 3 aromatic rings. The molecule has 20 heavy (non-hydrogen) atoms. The molecule has 0 amide bonds. The quantitative estimate of drug-likeness (QED) is 0.771. The predicted molar refractivity (Wildman–Crippen MR) is 63.9 cm³/mol. The Morgan fingerprint density at radius 3 is 2.80 bits per heavy atom. The van der Waals surface area contributed by atoms with Crippen LogP contribution in [0.3, 0.4) is 0 Å². The molecule has 0 radical (unpaired) electrons. The number of aromatic amines is 1. The minimum absolute atomic E-state index is 0.256. The van der Waals surface area contributed by atoms with E-state index in [4.69, 9.17) is 0 Å². The Balaban J connectivity index is 1.92. The van der Waals surface area contributed by atoms with E-state index in [0.29, 0.717) is 18.2 Å². The van der Waals surface area contributed by atoms with Crippen molar-refractivity contribution in [3.05, 3.63) is 42.4 Å². The van der Waals surface area contributed by atoms with Crippen LogP contribution in [0.1, 0.15) is 11.5 Å². The van der Waals surface area contributed by atoms with Crippen LogP contribution in [-0.4, -0.2) is 24.6 Å². The van der Waals surface area contributed by atoms with Gasteiger partial charge in [-0.1, -0.05) is 0 Å². The van der Waals surface area contributed by atoms with Crippen LogP contribution < -0.4 is 5.32 Å². The van der Waals surface area contributed by atoms with Gasteiger partial charge in [0.2, 0.25) is 0 Å². The fourth-order valence-corrected chi connectivity index (χ4v) is 1.76. The summed E-state index contributed by atoms with van der Waals surface area (Å²) in [7, 11) is 0. The first-order chi connectivity index (χ1) is 9.54. The van der Waals surface area contributed by atoms with E-state index >= 15 is 0 Å². The van der Waals surface area contributed by atoms with Crippen molar-refractivity contribution < 1.29 is 13.2 Å². The van der Waals surface area contributed by atoms with Crippen molar-refractivity contribution >= 4 is 11.3 Å². The molecule has 0 fully saturated rings. The topological polar surface area (TPSA) is 70.9 Å². The maximum Gasteiger partial charge on any atom is 0.435 e. The van der Waals surface area contributed by atoms with E-state index in [2.05, 4.69) is 25.4 Å². The van der Waals surface area contributed by atoms with Gasteiger partial charge in [-0.15, -0.1) is 0 Å². The molecule has 3 rings (SSSR count). The van der Waals surface area contributed by atoms with Gasteiger partial charge in [-0.05, 0) is 0 Å². The van der Waals surface area contributed by atoms with Crippen molar-refractivity contribution in [3.8, 4) is 0 Å². The summed E-state index contributed by atoms with van der Waals surface area (Å²) in [5, 5.41) is 6.40. The van der Waals surface area contributed by atoms with Crippen LogP contribution in [0.4, 0.5) is 19.0 Å². The summed E-state index contributed by atoms with van der Waals surface area (Å²) in [5.74, 6) is 0.969. The lowest BCUT2D eigenvalue weighted by Crippen LogP contribution is -2.05. The lowest BCUT2D eigenvalue weighted by molar-refractivity contribution is -0.141. The maximum absolute atomic E-state index is 12.6. The largest absolute Gasteiger partial charge is 0.435 e. The van der Waals surface area contributed by atoms with Gasteiger partial charge in [-0.3, -0.25) is 0 Å². The Labute approximate surface area is 110 Å². The molecule has 9 heteroatoms. The fraction of sp³-hybridized carbons (Fsp3) is 0.182. The number of aromatic nitrogens is 5. The Morgan fingerprint density at radius 2 is 2.10 bits per heavy atom. The number of rotatable bonds is 3. The zero-order valence-electron chi connectivity index (χ0n) is 10.0. The third-order valence-corrected chi connectivity index (χ3v) is 2.66. The molecule has 3 aromatic heterocycles. The first kappa shape index (κ1) is 12.5. The van der Waals surface area contributed by atoms with Gasteiger partial charge in [0.25, 0.3) is 0 Å². The highest BCUT2D eigenvalue weighted by atomic mass is 19.4. The van der Waals surface area contributed by atoms with Crippen molar-refractivity contribution in [3.63, 3.8) is 0 Å². The zero-order chi connectivity index (χ0) is 14.2. The van der Waals surface area contributed by atoms with Crippen LogP contribution in [-0.2, 0) is 12.7 Å². The minimum Gasteiger partial charge on any atom is -0.361 e. The normalized spacial score (nSPS) is 11.9. The lowest BCUT2D eigenvalue weighted by Gasteiger charge is -2.04. The number of nitrogens with one attached hydrogen (secondary N) is 2. The Bertz CT molecular complexity index is 715. The number of halogens is 3. The number of hydrogen-bond acceptors (Lipinski definition) is 4. The van der Waals surface area contributed by atoms with Crippen LogP contribution in [0.15, 0.2) is 30.9 Å². The average Bonchev–Trinajstić information content (AvgIpc) is 3.04. The van der Waals surface area contributed by atoms with Gasteiger partial charge < -0.3 is 10.3 Å². The van der Waals surface area contributed by atoms with Crippen LogP contribution in [0.2, 0.25) is 0 Å². The molecule has 0 aliphatic heterocycles. The van der Waals surface area contributed by atoms with Gasteiger partial charge in [-0.25, -0.2) is 14.5 Å². The van der Waals surface area contributed by atoms with E-state index in [1.165, 1.54) is 12.4 Å². The van der Waals surface area contributed by atoms with E-state index in [9.17, 15) is 13.2 Å². The summed E-state index contributed by atoms with van der Waals surface area (Å²) in [6.45, 7) is 0.326. The van der Waals surface area contributed by atoms with Crippen LogP contribution in [0.5, 0.6) is 0 Å². The molecule has 0 saturated heterocycles. The molecule has 3 heterocycles. The summed E-state index contributed by atoms with van der Waals surface area (Å²) in [4.78, 5) is 10.9. The molecule has 0 atom stereocenters. The molecular formula is C11H9F3N6. The second-order valence-corrected chi connectivity index (χ2v) is 4.02. The molecular weight excluding hydrogens is 273 g/mol. The van der Waals surface area contributed by atoms with E-state index in [-0.39, 0.29) is 5.52 Å². The summed E-state index contributed by atoms with van der Waals surface area (Å²) in [5.41, 5.74) is -0.696. The molecule has 0 aliphatic carbocycles. The number of H-pyrrole nitrogens is 1. The molecule has 2 N–H and O–H groups in total. The highest BCUT2D eigenvalue weighted by Crippen LogP contribution is 2.30. The van der Waals surface area contributed by atoms with E-state index in [1.807, 2.05) is 0 Å². The monoisotopic (exact) mass is 282 g/mol. The average molecular weight is 282 g/mol. The Morgan fingerprint density at radius 1 is 1.25 bits per heavy atom. The minimum atomic E-state index is -4.48. The van der Waals surface area contributed by atoms with Gasteiger partial charge in [0.15, 0.2) is 11.5 Å².